The molecule has 0 aliphatic heterocycles. The number of ether oxygens (including phenoxy) is 1. The van der Waals surface area contributed by atoms with E-state index in [-0.39, 0.29) is 23.8 Å². The molecule has 1 aliphatic carbocycles. The second-order valence-electron chi connectivity index (χ2n) is 11.5. The normalized spacial score (nSPS) is 16.2. The molecule has 1 fully saturated rings. The summed E-state index contributed by atoms with van der Waals surface area (Å²) in [5.74, 6) is -0.621. The van der Waals surface area contributed by atoms with Crippen LogP contribution in [0.3, 0.4) is 0 Å². The Kier molecular flexibility index (Phi) is 10.8. The second-order valence-corrected chi connectivity index (χ2v) is 11.5. The molecule has 7 nitrogen and oxygen atoms in total. The average Bonchev–Trinajstić information content (AvgIpc) is 2.78. The van der Waals surface area contributed by atoms with Crippen LogP contribution in [0.5, 0.6) is 0 Å². The van der Waals surface area contributed by atoms with Crippen molar-refractivity contribution in [3.63, 3.8) is 0 Å². The van der Waals surface area contributed by atoms with E-state index in [9.17, 15) is 14.4 Å². The zero-order valence-electron chi connectivity index (χ0n) is 23.6. The number of hydrogen-bond donors (Lipinski definition) is 2. The first-order valence-electron chi connectivity index (χ1n) is 13.5. The Balaban J connectivity index is 2.46. The molecule has 0 bridgehead atoms. The number of carbonyl (C=O) groups excluding carboxylic acids is 3. The SMILES string of the molecule is CCCN(C(=O)C(NC(=O)OC(C)(C)C)C(C)C)C(C(=O)NC1CCCCC1)c1cc(C)ccc1C. The van der Waals surface area contributed by atoms with E-state index in [4.69, 9.17) is 4.74 Å². The molecule has 2 atom stereocenters. The molecule has 202 valence electrons. The lowest BCUT2D eigenvalue weighted by atomic mass is 9.92. The van der Waals surface area contributed by atoms with E-state index >= 15 is 0 Å². The van der Waals surface area contributed by atoms with E-state index in [1.807, 2.05) is 52.8 Å². The predicted molar refractivity (Wildman–Crippen MR) is 144 cm³/mol. The first kappa shape index (κ1) is 29.7. The van der Waals surface area contributed by atoms with Crippen molar-refractivity contribution < 1.29 is 19.1 Å². The first-order chi connectivity index (χ1) is 16.8. The van der Waals surface area contributed by atoms with Gasteiger partial charge in [0.05, 0.1) is 0 Å². The number of nitrogens with zero attached hydrogens (tertiary/aromatic N) is 1. The number of rotatable bonds is 9. The molecule has 3 amide bonds. The minimum Gasteiger partial charge on any atom is -0.444 e. The number of hydrogen-bond acceptors (Lipinski definition) is 4. The van der Waals surface area contributed by atoms with Gasteiger partial charge in [-0.05, 0) is 70.9 Å². The lowest BCUT2D eigenvalue weighted by Gasteiger charge is -2.37. The number of benzene rings is 1. The molecule has 2 unspecified atom stereocenters. The summed E-state index contributed by atoms with van der Waals surface area (Å²) in [6.45, 7) is 15.5. The standard InChI is InChI=1S/C29H47N3O4/c1-9-17-32(27(34)24(19(2)3)31-28(35)36-29(6,7)8)25(23-18-20(4)15-16-21(23)5)26(33)30-22-13-11-10-12-14-22/h15-16,18-19,22,24-25H,9-14,17H2,1-8H3,(H,30,33)(H,31,35). The van der Waals surface area contributed by atoms with Gasteiger partial charge in [-0.2, -0.15) is 0 Å². The molecule has 0 radical (unpaired) electrons. The Hall–Kier alpha value is -2.57. The average molecular weight is 502 g/mol. The third-order valence-electron chi connectivity index (χ3n) is 6.59. The Morgan fingerprint density at radius 2 is 1.72 bits per heavy atom. The first-order valence-corrected chi connectivity index (χ1v) is 13.5. The highest BCUT2D eigenvalue weighted by molar-refractivity contribution is 5.92. The van der Waals surface area contributed by atoms with Crippen LogP contribution in [-0.2, 0) is 14.3 Å². The minimum atomic E-state index is -0.818. The fraction of sp³-hybridized carbons (Fsp3) is 0.690. The van der Waals surface area contributed by atoms with Gasteiger partial charge < -0.3 is 20.3 Å². The van der Waals surface area contributed by atoms with Crippen LogP contribution in [0.4, 0.5) is 4.79 Å². The molecular formula is C29H47N3O4. The summed E-state index contributed by atoms with van der Waals surface area (Å²) in [4.78, 5) is 42.2. The van der Waals surface area contributed by atoms with Crippen molar-refractivity contribution in [1.29, 1.82) is 0 Å². The topological polar surface area (TPSA) is 87.7 Å². The molecule has 0 heterocycles. The Bertz CT molecular complexity index is 900. The van der Waals surface area contributed by atoms with Crippen LogP contribution in [-0.4, -0.2) is 47.0 Å². The molecule has 2 rings (SSSR count). The van der Waals surface area contributed by atoms with Crippen molar-refractivity contribution in [1.82, 2.24) is 15.5 Å². The van der Waals surface area contributed by atoms with Crippen molar-refractivity contribution in [3.05, 3.63) is 34.9 Å². The summed E-state index contributed by atoms with van der Waals surface area (Å²) in [7, 11) is 0. The summed E-state index contributed by atoms with van der Waals surface area (Å²) in [6.07, 6.45) is 5.36. The van der Waals surface area contributed by atoms with E-state index in [1.54, 1.807) is 25.7 Å². The van der Waals surface area contributed by atoms with E-state index in [0.29, 0.717) is 13.0 Å². The Morgan fingerprint density at radius 3 is 2.28 bits per heavy atom. The molecule has 0 spiro atoms. The van der Waals surface area contributed by atoms with Crippen LogP contribution < -0.4 is 10.6 Å². The number of alkyl carbamates (subject to hydrolysis) is 1. The van der Waals surface area contributed by atoms with Gasteiger partial charge in [-0.3, -0.25) is 9.59 Å². The van der Waals surface area contributed by atoms with Crippen molar-refractivity contribution in [2.24, 2.45) is 5.92 Å². The second kappa shape index (κ2) is 13.1. The van der Waals surface area contributed by atoms with Gasteiger partial charge in [-0.25, -0.2) is 4.79 Å². The van der Waals surface area contributed by atoms with Crippen molar-refractivity contribution >= 4 is 17.9 Å². The maximum Gasteiger partial charge on any atom is 0.408 e. The van der Waals surface area contributed by atoms with Crippen LogP contribution in [0.1, 0.15) is 103 Å². The highest BCUT2D eigenvalue weighted by Crippen LogP contribution is 2.29. The van der Waals surface area contributed by atoms with Gasteiger partial charge >= 0.3 is 6.09 Å². The zero-order valence-corrected chi connectivity index (χ0v) is 23.6. The number of aryl methyl sites for hydroxylation is 2. The molecule has 1 aromatic carbocycles. The summed E-state index contributed by atoms with van der Waals surface area (Å²) >= 11 is 0. The van der Waals surface area contributed by atoms with Gasteiger partial charge in [-0.15, -0.1) is 0 Å². The summed E-state index contributed by atoms with van der Waals surface area (Å²) in [6, 6.07) is 4.55. The molecule has 7 heteroatoms. The van der Waals surface area contributed by atoms with Crippen LogP contribution >= 0.6 is 0 Å². The van der Waals surface area contributed by atoms with E-state index in [1.165, 1.54) is 6.42 Å². The third-order valence-corrected chi connectivity index (χ3v) is 6.59. The van der Waals surface area contributed by atoms with Gasteiger partial charge in [0.15, 0.2) is 0 Å². The van der Waals surface area contributed by atoms with Crippen LogP contribution in [0.2, 0.25) is 0 Å². The summed E-state index contributed by atoms with van der Waals surface area (Å²) < 4.78 is 5.44. The van der Waals surface area contributed by atoms with E-state index in [0.717, 1.165) is 42.4 Å². The maximum atomic E-state index is 14.1. The fourth-order valence-electron chi connectivity index (χ4n) is 4.77. The van der Waals surface area contributed by atoms with Gasteiger partial charge in [-0.1, -0.05) is 63.8 Å². The predicted octanol–water partition coefficient (Wildman–Crippen LogP) is 5.58. The number of nitrogens with one attached hydrogen (secondary N) is 2. The van der Waals surface area contributed by atoms with Gasteiger partial charge in [0.2, 0.25) is 11.8 Å². The Morgan fingerprint density at radius 1 is 1.08 bits per heavy atom. The number of amides is 3. The number of carbonyl (C=O) groups is 3. The van der Waals surface area contributed by atoms with Gasteiger partial charge in [0.25, 0.3) is 0 Å². The molecule has 1 aromatic rings. The Labute approximate surface area is 217 Å². The van der Waals surface area contributed by atoms with Crippen LogP contribution in [0, 0.1) is 19.8 Å². The molecule has 36 heavy (non-hydrogen) atoms. The highest BCUT2D eigenvalue weighted by atomic mass is 16.6. The molecule has 0 aromatic heterocycles. The lowest BCUT2D eigenvalue weighted by molar-refractivity contribution is -0.143. The molecule has 1 saturated carbocycles. The van der Waals surface area contributed by atoms with Crippen molar-refractivity contribution in [2.45, 2.75) is 118 Å². The lowest BCUT2D eigenvalue weighted by Crippen LogP contribution is -2.55. The fourth-order valence-corrected chi connectivity index (χ4v) is 4.77. The van der Waals surface area contributed by atoms with Gasteiger partial charge in [0, 0.05) is 12.6 Å². The van der Waals surface area contributed by atoms with Crippen LogP contribution in [0.15, 0.2) is 18.2 Å². The molecule has 2 N–H and O–H groups in total. The van der Waals surface area contributed by atoms with Crippen molar-refractivity contribution in [2.75, 3.05) is 6.54 Å². The quantitative estimate of drug-likeness (QED) is 0.462. The van der Waals surface area contributed by atoms with E-state index < -0.39 is 23.8 Å². The third kappa shape index (κ3) is 8.52. The van der Waals surface area contributed by atoms with Crippen molar-refractivity contribution in [3.8, 4) is 0 Å². The van der Waals surface area contributed by atoms with Gasteiger partial charge in [0.1, 0.15) is 17.7 Å². The van der Waals surface area contributed by atoms with Crippen LogP contribution in [0.25, 0.3) is 0 Å². The zero-order chi connectivity index (χ0) is 27.0. The maximum absolute atomic E-state index is 14.1. The highest BCUT2D eigenvalue weighted by Gasteiger charge is 2.38. The minimum absolute atomic E-state index is 0.123. The molecular weight excluding hydrogens is 454 g/mol. The summed E-state index contributed by atoms with van der Waals surface area (Å²) in [5, 5.41) is 6.03. The monoisotopic (exact) mass is 501 g/mol. The summed E-state index contributed by atoms with van der Waals surface area (Å²) in [5.41, 5.74) is 2.13. The molecule has 0 saturated heterocycles. The largest absolute Gasteiger partial charge is 0.444 e. The smallest absolute Gasteiger partial charge is 0.408 e. The molecule has 1 aliphatic rings. The van der Waals surface area contributed by atoms with E-state index in [2.05, 4.69) is 10.6 Å².